The van der Waals surface area contributed by atoms with Crippen LogP contribution in [0.3, 0.4) is 0 Å². The molecular weight excluding hydrogens is 272 g/mol. The monoisotopic (exact) mass is 296 g/mol. The van der Waals surface area contributed by atoms with Crippen molar-refractivity contribution in [2.45, 2.75) is 45.1 Å². The van der Waals surface area contributed by atoms with Crippen LogP contribution < -0.4 is 10.6 Å². The van der Waals surface area contributed by atoms with Gasteiger partial charge in [-0.05, 0) is 31.4 Å². The largest absolute Gasteiger partial charge is 0.459 e. The number of aliphatic hydroxyl groups is 1. The average Bonchev–Trinajstić information content (AvgIpc) is 3.03. The second kappa shape index (κ2) is 8.46. The zero-order valence-corrected chi connectivity index (χ0v) is 12.6. The predicted octanol–water partition coefficient (Wildman–Crippen LogP) is 1.46. The molecule has 0 aliphatic carbocycles. The summed E-state index contributed by atoms with van der Waals surface area (Å²) in [7, 11) is 0. The van der Waals surface area contributed by atoms with Gasteiger partial charge in [0.15, 0.2) is 5.76 Å². The fourth-order valence-electron chi connectivity index (χ4n) is 1.99. The summed E-state index contributed by atoms with van der Waals surface area (Å²) in [5.41, 5.74) is -0.533. The summed E-state index contributed by atoms with van der Waals surface area (Å²) in [4.78, 5) is 23.4. The van der Waals surface area contributed by atoms with Crippen molar-refractivity contribution in [2.75, 3.05) is 13.2 Å². The lowest BCUT2D eigenvalue weighted by Crippen LogP contribution is -2.50. The molecule has 6 heteroatoms. The third-order valence-electron chi connectivity index (χ3n) is 3.67. The maximum absolute atomic E-state index is 11.9. The molecule has 0 radical (unpaired) electrons. The highest BCUT2D eigenvalue weighted by atomic mass is 16.3. The van der Waals surface area contributed by atoms with E-state index in [1.165, 1.54) is 6.26 Å². The van der Waals surface area contributed by atoms with Crippen LogP contribution in [-0.4, -0.2) is 35.6 Å². The minimum absolute atomic E-state index is 0.0685. The van der Waals surface area contributed by atoms with E-state index in [4.69, 9.17) is 4.42 Å². The average molecular weight is 296 g/mol. The van der Waals surface area contributed by atoms with Crippen LogP contribution >= 0.6 is 0 Å². The third kappa shape index (κ3) is 5.23. The van der Waals surface area contributed by atoms with Gasteiger partial charge in [0.05, 0.1) is 18.4 Å². The fourth-order valence-corrected chi connectivity index (χ4v) is 1.99. The molecule has 0 unspecified atom stereocenters. The van der Waals surface area contributed by atoms with E-state index in [-0.39, 0.29) is 24.2 Å². The van der Waals surface area contributed by atoms with E-state index in [0.717, 1.165) is 0 Å². The summed E-state index contributed by atoms with van der Waals surface area (Å²) < 4.78 is 4.96. The van der Waals surface area contributed by atoms with Gasteiger partial charge in [-0.2, -0.15) is 0 Å². The Balaban J connectivity index is 2.26. The van der Waals surface area contributed by atoms with Crippen LogP contribution in [0, 0.1) is 0 Å². The lowest BCUT2D eigenvalue weighted by atomic mass is 9.93. The number of carbonyl (C=O) groups excluding carboxylic acids is 2. The van der Waals surface area contributed by atoms with Gasteiger partial charge in [-0.25, -0.2) is 0 Å². The predicted molar refractivity (Wildman–Crippen MR) is 78.8 cm³/mol. The number of rotatable bonds is 9. The molecule has 1 rings (SSSR count). The van der Waals surface area contributed by atoms with Crippen LogP contribution in [0.1, 0.15) is 50.1 Å². The summed E-state index contributed by atoms with van der Waals surface area (Å²) in [5, 5.41) is 15.0. The molecule has 1 aromatic rings. The van der Waals surface area contributed by atoms with E-state index in [0.29, 0.717) is 32.2 Å². The first kappa shape index (κ1) is 17.2. The molecule has 0 fully saturated rings. The molecule has 1 heterocycles. The number of amides is 2. The summed E-state index contributed by atoms with van der Waals surface area (Å²) in [5.74, 6) is -0.136. The first-order valence-electron chi connectivity index (χ1n) is 7.30. The Morgan fingerprint density at radius 1 is 1.33 bits per heavy atom. The lowest BCUT2D eigenvalue weighted by molar-refractivity contribution is -0.123. The van der Waals surface area contributed by atoms with Crippen molar-refractivity contribution in [3.05, 3.63) is 24.2 Å². The molecular formula is C15H24N2O4. The molecule has 3 N–H and O–H groups in total. The van der Waals surface area contributed by atoms with Crippen LogP contribution in [0.2, 0.25) is 0 Å². The molecule has 0 atom stereocenters. The maximum atomic E-state index is 11.9. The Morgan fingerprint density at radius 3 is 2.57 bits per heavy atom. The van der Waals surface area contributed by atoms with Crippen LogP contribution in [0.4, 0.5) is 0 Å². The van der Waals surface area contributed by atoms with Crippen LogP contribution in [0.25, 0.3) is 0 Å². The highest BCUT2D eigenvalue weighted by Crippen LogP contribution is 2.14. The fraction of sp³-hybridized carbons (Fsp3) is 0.600. The van der Waals surface area contributed by atoms with Crippen molar-refractivity contribution < 1.29 is 19.1 Å². The molecule has 2 amide bonds. The van der Waals surface area contributed by atoms with E-state index in [1.807, 2.05) is 13.8 Å². The van der Waals surface area contributed by atoms with Gasteiger partial charge in [-0.1, -0.05) is 13.8 Å². The smallest absolute Gasteiger partial charge is 0.286 e. The second-order valence-electron chi connectivity index (χ2n) is 5.03. The third-order valence-corrected chi connectivity index (χ3v) is 3.67. The standard InChI is InChI=1S/C15H24N2O4/c1-3-15(4-2,11-18)17-13(19)8-5-9-16-14(20)12-7-6-10-21-12/h6-7,10,18H,3-5,8-9,11H2,1-2H3,(H,16,20)(H,17,19). The quantitative estimate of drug-likeness (QED) is 0.602. The molecule has 0 aromatic carbocycles. The van der Waals surface area contributed by atoms with Crippen molar-refractivity contribution in [2.24, 2.45) is 0 Å². The SMILES string of the molecule is CCC(CC)(CO)NC(=O)CCCNC(=O)c1ccco1. The van der Waals surface area contributed by atoms with Crippen LogP contribution in [0.15, 0.2) is 22.8 Å². The van der Waals surface area contributed by atoms with E-state index >= 15 is 0 Å². The number of aliphatic hydroxyl groups excluding tert-OH is 1. The first-order valence-corrected chi connectivity index (χ1v) is 7.30. The molecule has 0 aliphatic rings. The molecule has 0 bridgehead atoms. The Morgan fingerprint density at radius 2 is 2.05 bits per heavy atom. The molecule has 118 valence electrons. The zero-order valence-electron chi connectivity index (χ0n) is 12.6. The summed E-state index contributed by atoms with van der Waals surface area (Å²) >= 11 is 0. The van der Waals surface area contributed by atoms with Crippen LogP contribution in [-0.2, 0) is 4.79 Å². The van der Waals surface area contributed by atoms with Gasteiger partial charge in [0, 0.05) is 13.0 Å². The molecule has 0 spiro atoms. The first-order chi connectivity index (χ1) is 10.1. The van der Waals surface area contributed by atoms with Gasteiger partial charge >= 0.3 is 0 Å². The van der Waals surface area contributed by atoms with Gasteiger partial charge in [-0.3, -0.25) is 9.59 Å². The number of nitrogens with one attached hydrogen (secondary N) is 2. The highest BCUT2D eigenvalue weighted by Gasteiger charge is 2.26. The van der Waals surface area contributed by atoms with E-state index in [9.17, 15) is 14.7 Å². The molecule has 1 aromatic heterocycles. The van der Waals surface area contributed by atoms with Gasteiger partial charge in [0.1, 0.15) is 0 Å². The van der Waals surface area contributed by atoms with E-state index in [2.05, 4.69) is 10.6 Å². The molecule has 21 heavy (non-hydrogen) atoms. The van der Waals surface area contributed by atoms with Crippen LogP contribution in [0.5, 0.6) is 0 Å². The molecule has 0 saturated heterocycles. The van der Waals surface area contributed by atoms with Crippen molar-refractivity contribution in [3.8, 4) is 0 Å². The van der Waals surface area contributed by atoms with Gasteiger partial charge in [0.25, 0.3) is 5.91 Å². The van der Waals surface area contributed by atoms with Crippen molar-refractivity contribution in [1.29, 1.82) is 0 Å². The number of hydrogen-bond donors (Lipinski definition) is 3. The van der Waals surface area contributed by atoms with Crippen molar-refractivity contribution in [3.63, 3.8) is 0 Å². The number of furan rings is 1. The lowest BCUT2D eigenvalue weighted by Gasteiger charge is -2.30. The summed E-state index contributed by atoms with van der Waals surface area (Å²) in [6, 6.07) is 3.23. The zero-order chi connectivity index (χ0) is 15.7. The molecule has 0 aliphatic heterocycles. The van der Waals surface area contributed by atoms with E-state index in [1.54, 1.807) is 12.1 Å². The van der Waals surface area contributed by atoms with Gasteiger partial charge in [0.2, 0.25) is 5.91 Å². The molecule has 6 nitrogen and oxygen atoms in total. The van der Waals surface area contributed by atoms with Gasteiger partial charge < -0.3 is 20.2 Å². The highest BCUT2D eigenvalue weighted by molar-refractivity contribution is 5.91. The topological polar surface area (TPSA) is 91.6 Å². The number of carbonyl (C=O) groups is 2. The number of hydrogen-bond acceptors (Lipinski definition) is 4. The van der Waals surface area contributed by atoms with Gasteiger partial charge in [-0.15, -0.1) is 0 Å². The Bertz CT molecular complexity index is 430. The Labute approximate surface area is 124 Å². The van der Waals surface area contributed by atoms with Crippen molar-refractivity contribution in [1.82, 2.24) is 10.6 Å². The summed E-state index contributed by atoms with van der Waals surface area (Å²) in [6.07, 6.45) is 3.64. The Kier molecular flexibility index (Phi) is 6.94. The summed E-state index contributed by atoms with van der Waals surface area (Å²) in [6.45, 7) is 4.20. The Hall–Kier alpha value is -1.82. The molecule has 0 saturated carbocycles. The minimum Gasteiger partial charge on any atom is -0.459 e. The maximum Gasteiger partial charge on any atom is 0.286 e. The van der Waals surface area contributed by atoms with E-state index < -0.39 is 5.54 Å². The normalized spacial score (nSPS) is 11.2. The second-order valence-corrected chi connectivity index (χ2v) is 5.03. The minimum atomic E-state index is -0.533. The van der Waals surface area contributed by atoms with Crippen molar-refractivity contribution >= 4 is 11.8 Å².